The molecule has 38 heavy (non-hydrogen) atoms. The molecule has 0 aliphatic rings. The molecule has 0 aliphatic heterocycles. The molecule has 0 fully saturated rings. The van der Waals surface area contributed by atoms with E-state index < -0.39 is 35.8 Å². The van der Waals surface area contributed by atoms with Crippen LogP contribution in [0.1, 0.15) is 62.1 Å². The largest absolute Gasteiger partial charge is 3.00 e. The van der Waals surface area contributed by atoms with E-state index in [9.17, 15) is 59.4 Å². The molecule has 0 atom stereocenters. The summed E-state index contributed by atoms with van der Waals surface area (Å²) in [6, 6.07) is 15.4. The Bertz CT molecular complexity index is 1060. The third-order valence-electron chi connectivity index (χ3n) is 4.10. The van der Waals surface area contributed by atoms with E-state index in [4.69, 9.17) is 0 Å². The number of carbonyl (C=O) groups excluding carboxylic acids is 6. The Morgan fingerprint density at radius 3 is 0.500 bits per heavy atom. The average molecular weight is 838 g/mol. The number of rotatable bonds is 6. The maximum absolute atomic E-state index is 10.3. The minimum absolute atomic E-state index is 0. The monoisotopic (exact) mass is 840 g/mol. The SMILES string of the molecule is O=C([O-])c1ccccc1C(=O)[O-].O=C([O-])c1ccccc1C(=O)[O-].O=C([O-])c1ccccc1C(=O)[O-].[Yb+3].[Yb+3]. The summed E-state index contributed by atoms with van der Waals surface area (Å²) in [5.74, 6) is -9.11. The van der Waals surface area contributed by atoms with Crippen molar-refractivity contribution < 1.29 is 153 Å². The zero-order valence-corrected chi connectivity index (χ0v) is 21.8. The van der Waals surface area contributed by atoms with Gasteiger partial charge in [-0.2, -0.15) is 0 Å². The molecule has 3 aromatic carbocycles. The first-order valence-electron chi connectivity index (χ1n) is 9.43. The Kier molecular flexibility index (Phi) is 18.6. The number of carbonyl (C=O) groups is 6. The van der Waals surface area contributed by atoms with Gasteiger partial charge in [0, 0.05) is 33.4 Å². The minimum atomic E-state index is -1.52. The second-order valence-corrected chi connectivity index (χ2v) is 6.36. The van der Waals surface area contributed by atoms with Crippen molar-refractivity contribution in [3.8, 4) is 0 Å². The maximum Gasteiger partial charge on any atom is 3.00 e. The van der Waals surface area contributed by atoms with E-state index in [2.05, 4.69) is 0 Å². The van der Waals surface area contributed by atoms with Gasteiger partial charge in [-0.05, 0) is 0 Å². The Balaban J connectivity index is 0. The minimum Gasteiger partial charge on any atom is -0.545 e. The van der Waals surface area contributed by atoms with Crippen LogP contribution in [0.2, 0.25) is 0 Å². The second-order valence-electron chi connectivity index (χ2n) is 6.36. The molecule has 0 aliphatic carbocycles. The summed E-state index contributed by atoms with van der Waals surface area (Å²) in [5, 5.41) is 61.9. The normalized spacial score (nSPS) is 8.84. The fraction of sp³-hybridized carbons (Fsp3) is 0. The quantitative estimate of drug-likeness (QED) is 0.228. The standard InChI is InChI=1S/3C8H6O4.2Yb/c3*9-7(10)5-3-1-2-4-6(5)8(11)12;;/h3*1-4H,(H,9,10)(H,11,12);;/q;;;2*+3/p-6. The zero-order chi connectivity index (χ0) is 27.4. The molecule has 0 bridgehead atoms. The first-order valence-corrected chi connectivity index (χ1v) is 9.43. The van der Waals surface area contributed by atoms with Gasteiger partial charge in [0.05, 0.1) is 35.8 Å². The van der Waals surface area contributed by atoms with Crippen molar-refractivity contribution in [3.05, 3.63) is 106 Å². The molecule has 0 saturated carbocycles. The summed E-state index contributed by atoms with van der Waals surface area (Å²) in [5.41, 5.74) is -2.18. The number of aromatic carboxylic acids is 6. The average Bonchev–Trinajstić information content (AvgIpc) is 2.84. The van der Waals surface area contributed by atoms with Crippen LogP contribution in [0.25, 0.3) is 0 Å². The molecule has 0 aromatic heterocycles. The van der Waals surface area contributed by atoms with Crippen molar-refractivity contribution >= 4 is 35.8 Å². The van der Waals surface area contributed by atoms with E-state index in [0.29, 0.717) is 0 Å². The van der Waals surface area contributed by atoms with Gasteiger partial charge >= 0.3 is 93.8 Å². The molecule has 3 aromatic rings. The first-order chi connectivity index (χ1) is 16.9. The van der Waals surface area contributed by atoms with Crippen molar-refractivity contribution in [1.82, 2.24) is 0 Å². The Morgan fingerprint density at radius 1 is 0.316 bits per heavy atom. The van der Waals surface area contributed by atoms with Crippen LogP contribution < -0.4 is 30.6 Å². The van der Waals surface area contributed by atoms with Crippen LogP contribution >= 0.6 is 0 Å². The van der Waals surface area contributed by atoms with E-state index in [0.717, 1.165) is 36.4 Å². The number of carboxylic acids is 6. The van der Waals surface area contributed by atoms with Crippen LogP contribution in [0.3, 0.4) is 0 Å². The van der Waals surface area contributed by atoms with E-state index in [1.54, 1.807) is 0 Å². The summed E-state index contributed by atoms with van der Waals surface area (Å²) >= 11 is 0. The van der Waals surface area contributed by atoms with Gasteiger partial charge in [0.15, 0.2) is 0 Å². The fourth-order valence-electron chi connectivity index (χ4n) is 2.52. The van der Waals surface area contributed by atoms with Gasteiger partial charge in [-0.25, -0.2) is 0 Å². The predicted molar refractivity (Wildman–Crippen MR) is 105 cm³/mol. The smallest absolute Gasteiger partial charge is 0.545 e. The van der Waals surface area contributed by atoms with Crippen molar-refractivity contribution in [1.29, 1.82) is 0 Å². The van der Waals surface area contributed by atoms with Gasteiger partial charge < -0.3 is 59.4 Å². The molecular formula is C24H12O12Yb2. The van der Waals surface area contributed by atoms with Crippen molar-refractivity contribution in [2.45, 2.75) is 0 Å². The van der Waals surface area contributed by atoms with Crippen molar-refractivity contribution in [2.75, 3.05) is 0 Å². The molecule has 0 saturated heterocycles. The Labute approximate surface area is 291 Å². The molecule has 2 radical (unpaired) electrons. The van der Waals surface area contributed by atoms with Crippen LogP contribution in [0.5, 0.6) is 0 Å². The molecule has 12 nitrogen and oxygen atoms in total. The number of benzene rings is 3. The van der Waals surface area contributed by atoms with E-state index in [1.807, 2.05) is 0 Å². The molecule has 208 valence electrons. The topological polar surface area (TPSA) is 241 Å². The summed E-state index contributed by atoms with van der Waals surface area (Å²) in [6.45, 7) is 0. The van der Waals surface area contributed by atoms with Gasteiger partial charge in [-0.3, -0.25) is 0 Å². The van der Waals surface area contributed by atoms with Crippen molar-refractivity contribution in [2.24, 2.45) is 0 Å². The van der Waals surface area contributed by atoms with Gasteiger partial charge in [-0.1, -0.05) is 72.8 Å². The van der Waals surface area contributed by atoms with E-state index in [1.165, 1.54) is 36.4 Å². The van der Waals surface area contributed by atoms with E-state index in [-0.39, 0.29) is 127 Å². The fourth-order valence-corrected chi connectivity index (χ4v) is 2.52. The molecule has 0 amide bonds. The predicted octanol–water partition coefficient (Wildman–Crippen LogP) is -4.76. The van der Waals surface area contributed by atoms with E-state index >= 15 is 0 Å². The Hall–Kier alpha value is -2.48. The molecule has 0 spiro atoms. The molecule has 0 N–H and O–H groups in total. The number of hydrogen-bond acceptors (Lipinski definition) is 12. The van der Waals surface area contributed by atoms with Gasteiger partial charge in [0.1, 0.15) is 0 Å². The molecule has 0 heterocycles. The van der Waals surface area contributed by atoms with Crippen LogP contribution in [0, 0.1) is 93.8 Å². The third kappa shape index (κ3) is 11.9. The first kappa shape index (κ1) is 37.7. The maximum atomic E-state index is 10.3. The van der Waals surface area contributed by atoms with Crippen molar-refractivity contribution in [3.63, 3.8) is 0 Å². The molecule has 0 unspecified atom stereocenters. The van der Waals surface area contributed by atoms with Crippen LogP contribution in [0.4, 0.5) is 0 Å². The Morgan fingerprint density at radius 2 is 0.421 bits per heavy atom. The summed E-state index contributed by atoms with van der Waals surface area (Å²) in [4.78, 5) is 61.9. The van der Waals surface area contributed by atoms with Crippen LogP contribution in [-0.4, -0.2) is 35.8 Å². The molecular weight excluding hydrogens is 826 g/mol. The molecule has 3 rings (SSSR count). The summed E-state index contributed by atoms with van der Waals surface area (Å²) < 4.78 is 0. The van der Waals surface area contributed by atoms with Crippen LogP contribution in [-0.2, 0) is 0 Å². The van der Waals surface area contributed by atoms with Gasteiger partial charge in [-0.15, -0.1) is 0 Å². The zero-order valence-electron chi connectivity index (χ0n) is 18.4. The molecule has 14 heteroatoms. The van der Waals surface area contributed by atoms with Crippen LogP contribution in [0.15, 0.2) is 72.8 Å². The second kappa shape index (κ2) is 18.7. The third-order valence-corrected chi connectivity index (χ3v) is 4.10. The number of hydrogen-bond donors (Lipinski definition) is 0. The van der Waals surface area contributed by atoms with Gasteiger partial charge in [0.25, 0.3) is 0 Å². The summed E-state index contributed by atoms with van der Waals surface area (Å²) in [7, 11) is 0. The number of carboxylic acid groups (broad SMARTS) is 6. The summed E-state index contributed by atoms with van der Waals surface area (Å²) in [6.07, 6.45) is 0. The van der Waals surface area contributed by atoms with Gasteiger partial charge in [0.2, 0.25) is 0 Å².